The van der Waals surface area contributed by atoms with E-state index >= 15 is 0 Å². The molecule has 0 aliphatic rings. The number of hydrogen-bond acceptors (Lipinski definition) is 4. The number of hydrogen-bond donors (Lipinski definition) is 0. The minimum atomic E-state index is 0.0214. The molecule has 0 saturated heterocycles. The molecule has 1 aromatic heterocycles. The largest absolute Gasteiger partial charge is 0.497 e. The molecule has 0 fully saturated rings. The molecule has 4 nitrogen and oxygen atoms in total. The Morgan fingerprint density at radius 1 is 1.24 bits per heavy atom. The Kier molecular flexibility index (Phi) is 3.45. The summed E-state index contributed by atoms with van der Waals surface area (Å²) in [5.74, 6) is 0.759. The second-order valence-corrected chi connectivity index (χ2v) is 3.53. The predicted molar refractivity (Wildman–Crippen MR) is 63.1 cm³/mol. The fourth-order valence-electron chi connectivity index (χ4n) is 1.46. The summed E-state index contributed by atoms with van der Waals surface area (Å²) in [7, 11) is 1.59. The maximum absolute atomic E-state index is 11.9. The van der Waals surface area contributed by atoms with Gasteiger partial charge < -0.3 is 4.74 Å². The summed E-state index contributed by atoms with van der Waals surface area (Å²) >= 11 is 0. The van der Waals surface area contributed by atoms with Crippen LogP contribution in [0.3, 0.4) is 0 Å². The number of benzene rings is 1. The molecule has 2 aromatic rings. The molecular weight excluding hydrogens is 216 g/mol. The summed E-state index contributed by atoms with van der Waals surface area (Å²) in [6, 6.07) is 7.03. The maximum Gasteiger partial charge on any atom is 0.168 e. The Bertz CT molecular complexity index is 495. The Balaban J connectivity index is 2.09. The van der Waals surface area contributed by atoms with E-state index in [1.807, 2.05) is 0 Å². The Morgan fingerprint density at radius 3 is 2.59 bits per heavy atom. The van der Waals surface area contributed by atoms with Gasteiger partial charge in [-0.2, -0.15) is 0 Å². The normalized spacial score (nSPS) is 9.94. The Labute approximate surface area is 99.3 Å². The van der Waals surface area contributed by atoms with E-state index < -0.39 is 0 Å². The van der Waals surface area contributed by atoms with E-state index in [-0.39, 0.29) is 12.2 Å². The molecular formula is C13H12N2O2. The van der Waals surface area contributed by atoms with Crippen LogP contribution >= 0.6 is 0 Å². The third-order valence-corrected chi connectivity index (χ3v) is 2.37. The number of rotatable bonds is 4. The van der Waals surface area contributed by atoms with Gasteiger partial charge in [-0.3, -0.25) is 14.8 Å². The van der Waals surface area contributed by atoms with Crippen molar-refractivity contribution in [3.63, 3.8) is 0 Å². The standard InChI is InChI=1S/C13H12N2O2/c1-17-12-4-2-10(3-5-12)13(16)8-11-9-14-6-7-15-11/h2-7,9H,8H2,1H3. The van der Waals surface area contributed by atoms with Crippen LogP contribution in [0.25, 0.3) is 0 Å². The molecule has 0 saturated carbocycles. The highest BCUT2D eigenvalue weighted by molar-refractivity contribution is 5.97. The SMILES string of the molecule is COc1ccc(C(=O)Cc2cnccn2)cc1. The first-order valence-corrected chi connectivity index (χ1v) is 5.22. The molecule has 0 bridgehead atoms. The quantitative estimate of drug-likeness (QED) is 0.750. The van der Waals surface area contributed by atoms with Crippen molar-refractivity contribution in [3.05, 3.63) is 54.1 Å². The summed E-state index contributed by atoms with van der Waals surface area (Å²) in [6.45, 7) is 0. The van der Waals surface area contributed by atoms with Gasteiger partial charge in [0.1, 0.15) is 5.75 Å². The summed E-state index contributed by atoms with van der Waals surface area (Å²) in [5.41, 5.74) is 1.32. The van der Waals surface area contributed by atoms with Gasteiger partial charge in [0, 0.05) is 24.2 Å². The van der Waals surface area contributed by atoms with E-state index in [1.54, 1.807) is 50.0 Å². The van der Waals surface area contributed by atoms with Crippen LogP contribution in [0.4, 0.5) is 0 Å². The molecule has 0 radical (unpaired) electrons. The van der Waals surface area contributed by atoms with Crippen LogP contribution in [-0.4, -0.2) is 22.9 Å². The van der Waals surface area contributed by atoms with Crippen LogP contribution in [0, 0.1) is 0 Å². The molecule has 0 aliphatic heterocycles. The predicted octanol–water partition coefficient (Wildman–Crippen LogP) is 1.91. The summed E-state index contributed by atoms with van der Waals surface area (Å²) in [6.07, 6.45) is 5.03. The number of ether oxygens (including phenoxy) is 1. The molecule has 4 heteroatoms. The molecule has 0 unspecified atom stereocenters. The smallest absolute Gasteiger partial charge is 0.168 e. The second kappa shape index (κ2) is 5.21. The Morgan fingerprint density at radius 2 is 2.00 bits per heavy atom. The number of nitrogens with zero attached hydrogens (tertiary/aromatic N) is 2. The number of Topliss-reactive ketones (excluding diaryl/α,β-unsaturated/α-hetero) is 1. The van der Waals surface area contributed by atoms with E-state index in [0.717, 1.165) is 5.75 Å². The van der Waals surface area contributed by atoms with Gasteiger partial charge in [-0.25, -0.2) is 0 Å². The molecule has 0 atom stereocenters. The highest BCUT2D eigenvalue weighted by Gasteiger charge is 2.07. The lowest BCUT2D eigenvalue weighted by Gasteiger charge is -2.02. The minimum Gasteiger partial charge on any atom is -0.497 e. The molecule has 1 heterocycles. The van der Waals surface area contributed by atoms with Gasteiger partial charge in [0.15, 0.2) is 5.78 Å². The van der Waals surface area contributed by atoms with Crippen molar-refractivity contribution in [2.45, 2.75) is 6.42 Å². The van der Waals surface area contributed by atoms with Gasteiger partial charge >= 0.3 is 0 Å². The molecule has 1 aromatic carbocycles. The molecule has 0 amide bonds. The van der Waals surface area contributed by atoms with Crippen molar-refractivity contribution in [1.29, 1.82) is 0 Å². The third kappa shape index (κ3) is 2.87. The molecule has 0 spiro atoms. The van der Waals surface area contributed by atoms with Crippen LogP contribution < -0.4 is 4.74 Å². The monoisotopic (exact) mass is 228 g/mol. The molecule has 0 aliphatic carbocycles. The first-order chi connectivity index (χ1) is 8.29. The van der Waals surface area contributed by atoms with Gasteiger partial charge in [0.25, 0.3) is 0 Å². The summed E-state index contributed by atoms with van der Waals surface area (Å²) in [5, 5.41) is 0. The summed E-state index contributed by atoms with van der Waals surface area (Å²) < 4.78 is 5.03. The van der Waals surface area contributed by atoms with Crippen molar-refractivity contribution in [3.8, 4) is 5.75 Å². The average molecular weight is 228 g/mol. The van der Waals surface area contributed by atoms with Gasteiger partial charge in [0.05, 0.1) is 19.2 Å². The van der Waals surface area contributed by atoms with Crippen LogP contribution in [0.2, 0.25) is 0 Å². The summed E-state index contributed by atoms with van der Waals surface area (Å²) in [4.78, 5) is 19.9. The van der Waals surface area contributed by atoms with E-state index in [4.69, 9.17) is 4.74 Å². The lowest BCUT2D eigenvalue weighted by atomic mass is 10.1. The zero-order valence-electron chi connectivity index (χ0n) is 9.46. The van der Waals surface area contributed by atoms with Crippen molar-refractivity contribution >= 4 is 5.78 Å². The fraction of sp³-hybridized carbons (Fsp3) is 0.154. The number of ketones is 1. The van der Waals surface area contributed by atoms with Crippen LogP contribution in [-0.2, 0) is 6.42 Å². The number of aromatic nitrogens is 2. The number of carbonyl (C=O) groups is 1. The fourth-order valence-corrected chi connectivity index (χ4v) is 1.46. The van der Waals surface area contributed by atoms with E-state index in [0.29, 0.717) is 11.3 Å². The highest BCUT2D eigenvalue weighted by Crippen LogP contribution is 2.12. The van der Waals surface area contributed by atoms with Crippen molar-refractivity contribution in [2.24, 2.45) is 0 Å². The molecule has 2 rings (SSSR count). The van der Waals surface area contributed by atoms with E-state index in [2.05, 4.69) is 9.97 Å². The second-order valence-electron chi connectivity index (χ2n) is 3.53. The topological polar surface area (TPSA) is 52.1 Å². The lowest BCUT2D eigenvalue weighted by Crippen LogP contribution is -2.05. The zero-order valence-corrected chi connectivity index (χ0v) is 9.46. The average Bonchev–Trinajstić information content (AvgIpc) is 2.40. The first kappa shape index (κ1) is 11.3. The van der Waals surface area contributed by atoms with Gasteiger partial charge in [-0.05, 0) is 24.3 Å². The van der Waals surface area contributed by atoms with Gasteiger partial charge in [-0.15, -0.1) is 0 Å². The molecule has 0 N–H and O–H groups in total. The van der Waals surface area contributed by atoms with Crippen molar-refractivity contribution in [2.75, 3.05) is 7.11 Å². The number of carbonyl (C=O) groups excluding carboxylic acids is 1. The van der Waals surface area contributed by atoms with Crippen LogP contribution in [0.15, 0.2) is 42.9 Å². The lowest BCUT2D eigenvalue weighted by molar-refractivity contribution is 0.0992. The highest BCUT2D eigenvalue weighted by atomic mass is 16.5. The molecule has 17 heavy (non-hydrogen) atoms. The first-order valence-electron chi connectivity index (χ1n) is 5.22. The maximum atomic E-state index is 11.9. The van der Waals surface area contributed by atoms with E-state index in [9.17, 15) is 4.79 Å². The van der Waals surface area contributed by atoms with Crippen molar-refractivity contribution < 1.29 is 9.53 Å². The van der Waals surface area contributed by atoms with E-state index in [1.165, 1.54) is 0 Å². The van der Waals surface area contributed by atoms with Crippen molar-refractivity contribution in [1.82, 2.24) is 9.97 Å². The Hall–Kier alpha value is -2.23. The third-order valence-electron chi connectivity index (χ3n) is 2.37. The zero-order chi connectivity index (χ0) is 12.1. The minimum absolute atomic E-state index is 0.0214. The molecule has 86 valence electrons. The number of methoxy groups -OCH3 is 1. The van der Waals surface area contributed by atoms with Gasteiger partial charge in [-0.1, -0.05) is 0 Å². The van der Waals surface area contributed by atoms with Crippen LogP contribution in [0.1, 0.15) is 16.1 Å². The van der Waals surface area contributed by atoms with Gasteiger partial charge in [0.2, 0.25) is 0 Å². The van der Waals surface area contributed by atoms with Crippen LogP contribution in [0.5, 0.6) is 5.75 Å².